The van der Waals surface area contributed by atoms with E-state index in [0.29, 0.717) is 0 Å². The van der Waals surface area contributed by atoms with E-state index < -0.39 is 0 Å². The number of nitrogens with one attached hydrogen (secondary N) is 1. The SMILES string of the molecule is CC1CCN(c2ncnc3c2CNCC3)CC1. The summed E-state index contributed by atoms with van der Waals surface area (Å²) in [4.78, 5) is 11.4. The van der Waals surface area contributed by atoms with Gasteiger partial charge < -0.3 is 10.2 Å². The topological polar surface area (TPSA) is 41.1 Å². The quantitative estimate of drug-likeness (QED) is 0.794. The largest absolute Gasteiger partial charge is 0.356 e. The minimum atomic E-state index is 0.863. The maximum atomic E-state index is 4.52. The monoisotopic (exact) mass is 232 g/mol. The van der Waals surface area contributed by atoms with Gasteiger partial charge in [0.1, 0.15) is 12.1 Å². The maximum absolute atomic E-state index is 4.52. The summed E-state index contributed by atoms with van der Waals surface area (Å²) in [5.74, 6) is 2.04. The number of nitrogens with zero attached hydrogens (tertiary/aromatic N) is 3. The predicted molar refractivity (Wildman–Crippen MR) is 68.1 cm³/mol. The highest BCUT2D eigenvalue weighted by Gasteiger charge is 2.22. The minimum Gasteiger partial charge on any atom is -0.356 e. The Morgan fingerprint density at radius 1 is 1.29 bits per heavy atom. The van der Waals surface area contributed by atoms with Crippen LogP contribution in [0.5, 0.6) is 0 Å². The van der Waals surface area contributed by atoms with E-state index >= 15 is 0 Å². The number of piperidine rings is 1. The summed E-state index contributed by atoms with van der Waals surface area (Å²) in [6.45, 7) is 6.60. The molecule has 0 aliphatic carbocycles. The van der Waals surface area contributed by atoms with Gasteiger partial charge in [0.15, 0.2) is 0 Å². The summed E-state index contributed by atoms with van der Waals surface area (Å²) in [5, 5.41) is 3.42. The van der Waals surface area contributed by atoms with Crippen LogP contribution in [0, 0.1) is 5.92 Å². The lowest BCUT2D eigenvalue weighted by Gasteiger charge is -2.33. The Morgan fingerprint density at radius 3 is 2.94 bits per heavy atom. The molecule has 92 valence electrons. The van der Waals surface area contributed by atoms with E-state index in [-0.39, 0.29) is 0 Å². The van der Waals surface area contributed by atoms with Crippen LogP contribution in [0.3, 0.4) is 0 Å². The Hall–Kier alpha value is -1.16. The second-order valence-electron chi connectivity index (χ2n) is 5.22. The standard InChI is InChI=1S/C13H20N4/c1-10-3-6-17(7-4-10)13-11-8-14-5-2-12(11)15-9-16-13/h9-10,14H,2-8H2,1H3. The molecule has 17 heavy (non-hydrogen) atoms. The first-order valence-corrected chi connectivity index (χ1v) is 6.63. The molecule has 0 bridgehead atoms. The van der Waals surface area contributed by atoms with Crippen LogP contribution in [0.4, 0.5) is 5.82 Å². The molecule has 4 nitrogen and oxygen atoms in total. The summed E-state index contributed by atoms with van der Waals surface area (Å²) in [6.07, 6.45) is 5.34. The number of fused-ring (bicyclic) bond motifs is 1. The van der Waals surface area contributed by atoms with E-state index in [9.17, 15) is 0 Å². The van der Waals surface area contributed by atoms with Gasteiger partial charge in [0, 0.05) is 38.2 Å². The summed E-state index contributed by atoms with van der Waals surface area (Å²) in [5.41, 5.74) is 2.57. The third-order valence-electron chi connectivity index (χ3n) is 3.94. The fraction of sp³-hybridized carbons (Fsp3) is 0.692. The summed E-state index contributed by atoms with van der Waals surface area (Å²) < 4.78 is 0. The van der Waals surface area contributed by atoms with Crippen molar-refractivity contribution < 1.29 is 0 Å². The molecule has 0 spiro atoms. The van der Waals surface area contributed by atoms with Gasteiger partial charge in [-0.25, -0.2) is 9.97 Å². The lowest BCUT2D eigenvalue weighted by Crippen LogP contribution is -2.36. The van der Waals surface area contributed by atoms with Crippen molar-refractivity contribution in [1.82, 2.24) is 15.3 Å². The molecule has 3 heterocycles. The number of hydrogen-bond donors (Lipinski definition) is 1. The normalized spacial score (nSPS) is 21.4. The number of rotatable bonds is 1. The molecule has 0 atom stereocenters. The Bertz CT molecular complexity index is 396. The smallest absolute Gasteiger partial charge is 0.136 e. The van der Waals surface area contributed by atoms with Crippen LogP contribution in [0.2, 0.25) is 0 Å². The van der Waals surface area contributed by atoms with Gasteiger partial charge in [-0.1, -0.05) is 6.92 Å². The molecule has 1 aromatic rings. The predicted octanol–water partition coefficient (Wildman–Crippen LogP) is 1.36. The molecule has 2 aliphatic rings. The molecule has 1 N–H and O–H groups in total. The van der Waals surface area contributed by atoms with Gasteiger partial charge in [-0.15, -0.1) is 0 Å². The maximum Gasteiger partial charge on any atom is 0.136 e. The third-order valence-corrected chi connectivity index (χ3v) is 3.94. The van der Waals surface area contributed by atoms with E-state index in [1.807, 2.05) is 0 Å². The van der Waals surface area contributed by atoms with Crippen LogP contribution in [0.25, 0.3) is 0 Å². The van der Waals surface area contributed by atoms with E-state index in [2.05, 4.69) is 27.1 Å². The minimum absolute atomic E-state index is 0.863. The van der Waals surface area contributed by atoms with Gasteiger partial charge in [-0.2, -0.15) is 0 Å². The Balaban J connectivity index is 1.87. The fourth-order valence-corrected chi connectivity index (χ4v) is 2.75. The van der Waals surface area contributed by atoms with Crippen molar-refractivity contribution in [1.29, 1.82) is 0 Å². The van der Waals surface area contributed by atoms with Gasteiger partial charge in [0.25, 0.3) is 0 Å². The van der Waals surface area contributed by atoms with Gasteiger partial charge in [-0.05, 0) is 18.8 Å². The van der Waals surface area contributed by atoms with E-state index in [4.69, 9.17) is 0 Å². The highest BCUT2D eigenvalue weighted by molar-refractivity contribution is 5.49. The van der Waals surface area contributed by atoms with Gasteiger partial charge >= 0.3 is 0 Å². The van der Waals surface area contributed by atoms with E-state index in [0.717, 1.165) is 38.5 Å². The molecule has 0 aromatic carbocycles. The van der Waals surface area contributed by atoms with E-state index in [1.54, 1.807) is 6.33 Å². The van der Waals surface area contributed by atoms with Crippen molar-refractivity contribution >= 4 is 5.82 Å². The van der Waals surface area contributed by atoms with Crippen molar-refractivity contribution in [3.8, 4) is 0 Å². The highest BCUT2D eigenvalue weighted by Crippen LogP contribution is 2.26. The van der Waals surface area contributed by atoms with Crippen LogP contribution in [0.1, 0.15) is 31.0 Å². The van der Waals surface area contributed by atoms with Crippen molar-refractivity contribution in [2.24, 2.45) is 5.92 Å². The molecule has 1 fully saturated rings. The Morgan fingerprint density at radius 2 is 2.12 bits per heavy atom. The van der Waals surface area contributed by atoms with E-state index in [1.165, 1.54) is 29.9 Å². The first-order chi connectivity index (χ1) is 8.34. The molecular weight excluding hydrogens is 212 g/mol. The lowest BCUT2D eigenvalue weighted by atomic mass is 9.98. The van der Waals surface area contributed by atoms with Crippen LogP contribution in [-0.2, 0) is 13.0 Å². The number of anilines is 1. The Labute approximate surface area is 102 Å². The summed E-state index contributed by atoms with van der Waals surface area (Å²) in [7, 11) is 0. The summed E-state index contributed by atoms with van der Waals surface area (Å²) >= 11 is 0. The zero-order valence-electron chi connectivity index (χ0n) is 10.4. The average molecular weight is 232 g/mol. The number of aromatic nitrogens is 2. The molecule has 2 aliphatic heterocycles. The molecule has 0 radical (unpaired) electrons. The van der Waals surface area contributed by atoms with Gasteiger partial charge in [0.05, 0.1) is 5.69 Å². The first-order valence-electron chi connectivity index (χ1n) is 6.63. The van der Waals surface area contributed by atoms with Gasteiger partial charge in [0.2, 0.25) is 0 Å². The van der Waals surface area contributed by atoms with Crippen molar-refractivity contribution in [2.75, 3.05) is 24.5 Å². The molecule has 4 heteroatoms. The zero-order valence-corrected chi connectivity index (χ0v) is 10.4. The van der Waals surface area contributed by atoms with Crippen LogP contribution < -0.4 is 10.2 Å². The molecule has 1 aromatic heterocycles. The molecule has 1 saturated heterocycles. The molecule has 0 amide bonds. The van der Waals surface area contributed by atoms with Crippen LogP contribution >= 0.6 is 0 Å². The lowest BCUT2D eigenvalue weighted by molar-refractivity contribution is 0.435. The van der Waals surface area contributed by atoms with Gasteiger partial charge in [-0.3, -0.25) is 0 Å². The zero-order chi connectivity index (χ0) is 11.7. The van der Waals surface area contributed by atoms with Crippen molar-refractivity contribution in [2.45, 2.75) is 32.7 Å². The summed E-state index contributed by atoms with van der Waals surface area (Å²) in [6, 6.07) is 0. The second kappa shape index (κ2) is 4.61. The second-order valence-corrected chi connectivity index (χ2v) is 5.22. The van der Waals surface area contributed by atoms with Crippen molar-refractivity contribution in [3.05, 3.63) is 17.6 Å². The third kappa shape index (κ3) is 2.14. The molecule has 3 rings (SSSR count). The van der Waals surface area contributed by atoms with Crippen molar-refractivity contribution in [3.63, 3.8) is 0 Å². The van der Waals surface area contributed by atoms with Crippen LogP contribution in [0.15, 0.2) is 6.33 Å². The average Bonchev–Trinajstić information content (AvgIpc) is 2.39. The fourth-order valence-electron chi connectivity index (χ4n) is 2.75. The number of hydrogen-bond acceptors (Lipinski definition) is 4. The molecule has 0 saturated carbocycles. The highest BCUT2D eigenvalue weighted by atomic mass is 15.2. The van der Waals surface area contributed by atoms with Crippen LogP contribution in [-0.4, -0.2) is 29.6 Å². The Kier molecular flexibility index (Phi) is 2.97. The molecular formula is C13H20N4. The molecule has 0 unspecified atom stereocenters. The first kappa shape index (κ1) is 11.0.